The van der Waals surface area contributed by atoms with Crippen molar-refractivity contribution >= 4 is 11.7 Å². The van der Waals surface area contributed by atoms with Gasteiger partial charge in [0.05, 0.1) is 5.69 Å². The fourth-order valence-corrected chi connectivity index (χ4v) is 2.00. The molecule has 3 aromatic rings. The molecule has 0 unspecified atom stereocenters. The van der Waals surface area contributed by atoms with Gasteiger partial charge in [0.25, 0.3) is 0 Å². The standard InChI is InChI=1S/C16H15N3O2/c1-18(2)16(20)21-14-9-6-10-19-11-13(17-15(14)19)12-7-4-3-5-8-12/h3-11H,1-2H3. The molecule has 2 aromatic heterocycles. The molecule has 2 heterocycles. The van der Waals surface area contributed by atoms with Crippen LogP contribution in [0, 0.1) is 0 Å². The highest BCUT2D eigenvalue weighted by Gasteiger charge is 2.13. The molecule has 0 fully saturated rings. The van der Waals surface area contributed by atoms with E-state index in [4.69, 9.17) is 4.74 Å². The minimum atomic E-state index is -0.424. The summed E-state index contributed by atoms with van der Waals surface area (Å²) in [6, 6.07) is 13.4. The number of carbonyl (C=O) groups excluding carboxylic acids is 1. The molecule has 3 rings (SSSR count). The van der Waals surface area contributed by atoms with Gasteiger partial charge < -0.3 is 14.0 Å². The number of imidazole rings is 1. The minimum Gasteiger partial charge on any atom is -0.406 e. The number of rotatable bonds is 2. The third-order valence-electron chi connectivity index (χ3n) is 3.08. The van der Waals surface area contributed by atoms with Gasteiger partial charge in [0.2, 0.25) is 0 Å². The molecule has 1 aromatic carbocycles. The van der Waals surface area contributed by atoms with Crippen LogP contribution in [0.1, 0.15) is 0 Å². The molecule has 0 saturated heterocycles. The van der Waals surface area contributed by atoms with Crippen molar-refractivity contribution in [3.8, 4) is 17.0 Å². The number of fused-ring (bicyclic) bond motifs is 1. The molecule has 5 heteroatoms. The van der Waals surface area contributed by atoms with Crippen LogP contribution in [0.2, 0.25) is 0 Å². The summed E-state index contributed by atoms with van der Waals surface area (Å²) in [5.74, 6) is 0.443. The van der Waals surface area contributed by atoms with E-state index in [0.717, 1.165) is 11.3 Å². The Balaban J connectivity index is 2.04. The van der Waals surface area contributed by atoms with Crippen LogP contribution in [0.25, 0.3) is 16.9 Å². The molecule has 21 heavy (non-hydrogen) atoms. The van der Waals surface area contributed by atoms with E-state index in [0.29, 0.717) is 11.4 Å². The highest BCUT2D eigenvalue weighted by atomic mass is 16.6. The number of pyridine rings is 1. The number of hydrogen-bond donors (Lipinski definition) is 0. The number of benzene rings is 1. The Morgan fingerprint density at radius 2 is 1.90 bits per heavy atom. The predicted octanol–water partition coefficient (Wildman–Crippen LogP) is 3.06. The Kier molecular flexibility index (Phi) is 3.31. The monoisotopic (exact) mass is 281 g/mol. The quantitative estimate of drug-likeness (QED) is 0.725. The van der Waals surface area contributed by atoms with Gasteiger partial charge in [0, 0.05) is 32.1 Å². The average molecular weight is 281 g/mol. The van der Waals surface area contributed by atoms with Crippen LogP contribution < -0.4 is 4.74 Å². The zero-order chi connectivity index (χ0) is 14.8. The van der Waals surface area contributed by atoms with E-state index in [-0.39, 0.29) is 0 Å². The van der Waals surface area contributed by atoms with E-state index >= 15 is 0 Å². The molecule has 1 amide bonds. The van der Waals surface area contributed by atoms with Gasteiger partial charge in [-0.2, -0.15) is 0 Å². The van der Waals surface area contributed by atoms with Crippen molar-refractivity contribution in [2.75, 3.05) is 14.1 Å². The van der Waals surface area contributed by atoms with Crippen LogP contribution in [0.4, 0.5) is 4.79 Å². The van der Waals surface area contributed by atoms with Crippen LogP contribution in [-0.4, -0.2) is 34.5 Å². The first-order chi connectivity index (χ1) is 10.1. The summed E-state index contributed by atoms with van der Waals surface area (Å²) >= 11 is 0. The Bertz CT molecular complexity index is 779. The Morgan fingerprint density at radius 3 is 2.62 bits per heavy atom. The van der Waals surface area contributed by atoms with Gasteiger partial charge in [0.1, 0.15) is 0 Å². The molecule has 0 N–H and O–H groups in total. The van der Waals surface area contributed by atoms with Crippen LogP contribution in [-0.2, 0) is 0 Å². The van der Waals surface area contributed by atoms with Gasteiger partial charge in [-0.05, 0) is 12.1 Å². The normalized spacial score (nSPS) is 10.6. The van der Waals surface area contributed by atoms with Gasteiger partial charge in [-0.25, -0.2) is 9.78 Å². The maximum absolute atomic E-state index is 11.7. The van der Waals surface area contributed by atoms with Gasteiger partial charge >= 0.3 is 6.09 Å². The third-order valence-corrected chi connectivity index (χ3v) is 3.08. The highest BCUT2D eigenvalue weighted by Crippen LogP contribution is 2.24. The first-order valence-corrected chi connectivity index (χ1v) is 6.57. The second-order valence-electron chi connectivity index (χ2n) is 4.86. The van der Waals surface area contributed by atoms with Gasteiger partial charge in [-0.3, -0.25) is 0 Å². The maximum Gasteiger partial charge on any atom is 0.414 e. The average Bonchev–Trinajstić information content (AvgIpc) is 2.93. The molecule has 0 atom stereocenters. The number of hydrogen-bond acceptors (Lipinski definition) is 3. The molecule has 0 aliphatic heterocycles. The van der Waals surface area contributed by atoms with Crippen molar-refractivity contribution < 1.29 is 9.53 Å². The van der Waals surface area contributed by atoms with Gasteiger partial charge in [-0.1, -0.05) is 30.3 Å². The van der Waals surface area contributed by atoms with Crippen molar-refractivity contribution in [2.45, 2.75) is 0 Å². The first kappa shape index (κ1) is 13.2. The lowest BCUT2D eigenvalue weighted by Gasteiger charge is -2.10. The molecule has 0 saturated carbocycles. The molecule has 5 nitrogen and oxygen atoms in total. The van der Waals surface area contributed by atoms with Gasteiger partial charge in [0.15, 0.2) is 11.4 Å². The number of ether oxygens (including phenoxy) is 1. The zero-order valence-electron chi connectivity index (χ0n) is 11.9. The Labute approximate surface area is 122 Å². The summed E-state index contributed by atoms with van der Waals surface area (Å²) < 4.78 is 7.19. The van der Waals surface area contributed by atoms with Crippen LogP contribution >= 0.6 is 0 Å². The summed E-state index contributed by atoms with van der Waals surface area (Å²) in [4.78, 5) is 17.6. The Morgan fingerprint density at radius 1 is 1.14 bits per heavy atom. The number of amides is 1. The summed E-state index contributed by atoms with van der Waals surface area (Å²) in [6.45, 7) is 0. The fourth-order valence-electron chi connectivity index (χ4n) is 2.00. The molecule has 0 radical (unpaired) electrons. The molecule has 0 spiro atoms. The third kappa shape index (κ3) is 2.58. The molecule has 106 valence electrons. The summed E-state index contributed by atoms with van der Waals surface area (Å²) in [6.07, 6.45) is 3.37. The largest absolute Gasteiger partial charge is 0.414 e. The van der Waals surface area contributed by atoms with Crippen LogP contribution in [0.3, 0.4) is 0 Å². The van der Waals surface area contributed by atoms with E-state index in [9.17, 15) is 4.79 Å². The number of aromatic nitrogens is 2. The second kappa shape index (κ2) is 5.28. The van der Waals surface area contributed by atoms with E-state index in [2.05, 4.69) is 4.98 Å². The van der Waals surface area contributed by atoms with E-state index in [1.54, 1.807) is 20.2 Å². The summed E-state index contributed by atoms with van der Waals surface area (Å²) in [7, 11) is 3.28. The topological polar surface area (TPSA) is 46.8 Å². The second-order valence-corrected chi connectivity index (χ2v) is 4.86. The van der Waals surface area contributed by atoms with Gasteiger partial charge in [-0.15, -0.1) is 0 Å². The van der Waals surface area contributed by atoms with Crippen molar-refractivity contribution in [3.05, 3.63) is 54.9 Å². The SMILES string of the molecule is CN(C)C(=O)Oc1cccn2cc(-c3ccccc3)nc12. The zero-order valence-corrected chi connectivity index (χ0v) is 11.9. The van der Waals surface area contributed by atoms with Crippen molar-refractivity contribution in [1.29, 1.82) is 0 Å². The smallest absolute Gasteiger partial charge is 0.406 e. The van der Waals surface area contributed by atoms with Crippen molar-refractivity contribution in [2.24, 2.45) is 0 Å². The lowest BCUT2D eigenvalue weighted by Crippen LogP contribution is -2.25. The minimum absolute atomic E-state index is 0.424. The molecular formula is C16H15N3O2. The molecular weight excluding hydrogens is 266 g/mol. The first-order valence-electron chi connectivity index (χ1n) is 6.57. The van der Waals surface area contributed by atoms with Crippen molar-refractivity contribution in [1.82, 2.24) is 14.3 Å². The number of nitrogens with zero attached hydrogens (tertiary/aromatic N) is 3. The van der Waals surface area contributed by atoms with E-state index in [1.807, 2.05) is 53.2 Å². The fraction of sp³-hybridized carbons (Fsp3) is 0.125. The van der Waals surface area contributed by atoms with Crippen LogP contribution in [0.5, 0.6) is 5.75 Å². The van der Waals surface area contributed by atoms with E-state index in [1.165, 1.54) is 4.90 Å². The molecule has 0 aliphatic carbocycles. The maximum atomic E-state index is 11.7. The summed E-state index contributed by atoms with van der Waals surface area (Å²) in [5.41, 5.74) is 2.47. The lowest BCUT2D eigenvalue weighted by molar-refractivity contribution is 0.172. The van der Waals surface area contributed by atoms with Crippen molar-refractivity contribution in [3.63, 3.8) is 0 Å². The summed E-state index contributed by atoms with van der Waals surface area (Å²) in [5, 5.41) is 0. The lowest BCUT2D eigenvalue weighted by atomic mass is 10.2. The molecule has 0 aliphatic rings. The Hall–Kier alpha value is -2.82. The molecule has 0 bridgehead atoms. The number of carbonyl (C=O) groups is 1. The van der Waals surface area contributed by atoms with E-state index < -0.39 is 6.09 Å². The highest BCUT2D eigenvalue weighted by molar-refractivity contribution is 5.74. The van der Waals surface area contributed by atoms with Crippen LogP contribution in [0.15, 0.2) is 54.9 Å². The predicted molar refractivity (Wildman–Crippen MR) is 80.3 cm³/mol.